The van der Waals surface area contributed by atoms with Crippen LogP contribution in [0.2, 0.25) is 0 Å². The number of hydrogen-bond acceptors (Lipinski definition) is 6. The van der Waals surface area contributed by atoms with Crippen molar-refractivity contribution in [2.45, 2.75) is 63.7 Å². The van der Waals surface area contributed by atoms with Crippen molar-refractivity contribution in [2.75, 3.05) is 12.4 Å². The number of pyridine rings is 1. The van der Waals surface area contributed by atoms with E-state index in [1.54, 1.807) is 13.2 Å². The fourth-order valence-corrected chi connectivity index (χ4v) is 3.84. The van der Waals surface area contributed by atoms with E-state index in [1.165, 1.54) is 32.1 Å². The van der Waals surface area contributed by atoms with Gasteiger partial charge in [-0.3, -0.25) is 4.79 Å². The zero-order valence-corrected chi connectivity index (χ0v) is 15.9. The summed E-state index contributed by atoms with van der Waals surface area (Å²) in [6.45, 7) is 0. The lowest BCUT2D eigenvalue weighted by Gasteiger charge is -2.21. The van der Waals surface area contributed by atoms with Gasteiger partial charge in [0.2, 0.25) is 11.7 Å². The summed E-state index contributed by atoms with van der Waals surface area (Å²) >= 11 is 0. The molecule has 1 atom stereocenters. The summed E-state index contributed by atoms with van der Waals surface area (Å²) < 4.78 is 5.41. The molecule has 0 spiro atoms. The Morgan fingerprint density at radius 2 is 2.15 bits per heavy atom. The molecule has 146 valence electrons. The SMILES string of the molecule is CNc1ccc(-c2noc([C@H](CCCC3CCCCC3)CC(=O)O)n2)cn1. The van der Waals surface area contributed by atoms with Gasteiger partial charge in [0.25, 0.3) is 0 Å². The lowest BCUT2D eigenvalue weighted by molar-refractivity contribution is -0.137. The van der Waals surface area contributed by atoms with Gasteiger partial charge in [0.05, 0.1) is 6.42 Å². The topological polar surface area (TPSA) is 101 Å². The molecule has 0 amide bonds. The normalized spacial score (nSPS) is 16.2. The zero-order valence-electron chi connectivity index (χ0n) is 15.9. The molecule has 0 bridgehead atoms. The number of carbonyl (C=O) groups is 1. The van der Waals surface area contributed by atoms with Crippen LogP contribution in [0.5, 0.6) is 0 Å². The van der Waals surface area contributed by atoms with E-state index in [1.807, 2.05) is 12.1 Å². The summed E-state index contributed by atoms with van der Waals surface area (Å²) in [4.78, 5) is 20.0. The number of nitrogens with zero attached hydrogens (tertiary/aromatic N) is 3. The van der Waals surface area contributed by atoms with Crippen molar-refractivity contribution < 1.29 is 14.4 Å². The van der Waals surface area contributed by atoms with Crippen molar-refractivity contribution in [3.8, 4) is 11.4 Å². The highest BCUT2D eigenvalue weighted by Crippen LogP contribution is 2.31. The Morgan fingerprint density at radius 3 is 2.81 bits per heavy atom. The third-order valence-corrected chi connectivity index (χ3v) is 5.38. The molecule has 3 rings (SSSR count). The highest BCUT2D eigenvalue weighted by molar-refractivity contribution is 5.67. The molecule has 2 aromatic rings. The molecule has 2 heterocycles. The Morgan fingerprint density at radius 1 is 1.33 bits per heavy atom. The van der Waals surface area contributed by atoms with Crippen molar-refractivity contribution in [3.05, 3.63) is 24.2 Å². The maximum absolute atomic E-state index is 11.3. The number of nitrogens with one attached hydrogen (secondary N) is 1. The third kappa shape index (κ3) is 5.52. The molecule has 7 nitrogen and oxygen atoms in total. The molecule has 0 saturated heterocycles. The van der Waals surface area contributed by atoms with Gasteiger partial charge in [-0.2, -0.15) is 4.98 Å². The second-order valence-corrected chi connectivity index (χ2v) is 7.37. The first-order chi connectivity index (χ1) is 13.2. The van der Waals surface area contributed by atoms with Gasteiger partial charge in [-0.1, -0.05) is 50.1 Å². The van der Waals surface area contributed by atoms with Crippen LogP contribution in [0.3, 0.4) is 0 Å². The van der Waals surface area contributed by atoms with Gasteiger partial charge in [-0.05, 0) is 24.5 Å². The van der Waals surface area contributed by atoms with Crippen LogP contribution in [0.1, 0.15) is 69.6 Å². The Bertz CT molecular complexity index is 723. The standard InChI is InChI=1S/C20H28N4O3/c1-21-17-11-10-16(13-22-17)19-23-20(27-24-19)15(12-18(25)26)9-5-8-14-6-3-2-4-7-14/h10-11,13-15H,2-9,12H2,1H3,(H,21,22)(H,25,26)/t15-/m1/s1. The van der Waals surface area contributed by atoms with E-state index < -0.39 is 5.97 Å². The van der Waals surface area contributed by atoms with E-state index in [9.17, 15) is 9.90 Å². The predicted molar refractivity (Wildman–Crippen MR) is 102 cm³/mol. The van der Waals surface area contributed by atoms with Gasteiger partial charge in [0, 0.05) is 24.7 Å². The molecule has 1 fully saturated rings. The van der Waals surface area contributed by atoms with Gasteiger partial charge in [-0.25, -0.2) is 4.98 Å². The summed E-state index contributed by atoms with van der Waals surface area (Å²) in [7, 11) is 1.80. The lowest BCUT2D eigenvalue weighted by Crippen LogP contribution is -2.10. The van der Waals surface area contributed by atoms with Gasteiger partial charge < -0.3 is 14.9 Å². The second-order valence-electron chi connectivity index (χ2n) is 7.37. The molecular weight excluding hydrogens is 344 g/mol. The molecule has 1 saturated carbocycles. The van der Waals surface area contributed by atoms with Crippen molar-refractivity contribution in [1.29, 1.82) is 0 Å². The maximum atomic E-state index is 11.3. The van der Waals surface area contributed by atoms with Gasteiger partial charge in [0.1, 0.15) is 5.82 Å². The molecule has 27 heavy (non-hydrogen) atoms. The molecule has 2 aromatic heterocycles. The minimum Gasteiger partial charge on any atom is -0.481 e. The summed E-state index contributed by atoms with van der Waals surface area (Å²) in [5, 5.41) is 16.3. The van der Waals surface area contributed by atoms with Gasteiger partial charge in [-0.15, -0.1) is 0 Å². The van der Waals surface area contributed by atoms with Crippen molar-refractivity contribution in [3.63, 3.8) is 0 Å². The van der Waals surface area contributed by atoms with Crippen LogP contribution in [0, 0.1) is 5.92 Å². The molecule has 1 aliphatic rings. The van der Waals surface area contributed by atoms with Gasteiger partial charge in [0.15, 0.2) is 0 Å². The fraction of sp³-hybridized carbons (Fsp3) is 0.600. The zero-order chi connectivity index (χ0) is 19.1. The van der Waals surface area contributed by atoms with E-state index in [4.69, 9.17) is 4.52 Å². The molecule has 0 aliphatic heterocycles. The summed E-state index contributed by atoms with van der Waals surface area (Å²) in [5.74, 6) is 1.33. The smallest absolute Gasteiger partial charge is 0.304 e. The monoisotopic (exact) mass is 372 g/mol. The van der Waals surface area contributed by atoms with E-state index in [-0.39, 0.29) is 12.3 Å². The Hall–Kier alpha value is -2.44. The number of anilines is 1. The first kappa shape index (κ1) is 19.3. The van der Waals surface area contributed by atoms with E-state index in [0.29, 0.717) is 11.7 Å². The number of carboxylic acid groups (broad SMARTS) is 1. The van der Waals surface area contributed by atoms with Crippen LogP contribution < -0.4 is 5.32 Å². The average Bonchev–Trinajstić information content (AvgIpc) is 3.18. The minimum absolute atomic E-state index is 0.0171. The largest absolute Gasteiger partial charge is 0.481 e. The highest BCUT2D eigenvalue weighted by atomic mass is 16.5. The molecule has 0 radical (unpaired) electrons. The Balaban J connectivity index is 1.63. The van der Waals surface area contributed by atoms with E-state index in [2.05, 4.69) is 20.4 Å². The van der Waals surface area contributed by atoms with Crippen LogP contribution in [0.15, 0.2) is 22.9 Å². The number of aliphatic carboxylic acids is 1. The first-order valence-electron chi connectivity index (χ1n) is 9.85. The van der Waals surface area contributed by atoms with Crippen molar-refractivity contribution >= 4 is 11.8 Å². The van der Waals surface area contributed by atoms with Gasteiger partial charge >= 0.3 is 5.97 Å². The summed E-state index contributed by atoms with van der Waals surface area (Å²) in [5.41, 5.74) is 0.750. The molecule has 7 heteroatoms. The van der Waals surface area contributed by atoms with E-state index >= 15 is 0 Å². The van der Waals surface area contributed by atoms with Crippen LogP contribution in [-0.2, 0) is 4.79 Å². The molecular formula is C20H28N4O3. The van der Waals surface area contributed by atoms with Crippen LogP contribution in [0.25, 0.3) is 11.4 Å². The Kier molecular flexibility index (Phi) is 6.79. The van der Waals surface area contributed by atoms with Crippen LogP contribution in [0.4, 0.5) is 5.82 Å². The molecule has 0 aromatic carbocycles. The maximum Gasteiger partial charge on any atom is 0.304 e. The van der Waals surface area contributed by atoms with E-state index in [0.717, 1.165) is 36.6 Å². The minimum atomic E-state index is -0.836. The molecule has 1 aliphatic carbocycles. The van der Waals surface area contributed by atoms with Crippen LogP contribution >= 0.6 is 0 Å². The molecule has 2 N–H and O–H groups in total. The predicted octanol–water partition coefficient (Wildman–Crippen LogP) is 4.48. The van der Waals surface area contributed by atoms with Crippen molar-refractivity contribution in [2.24, 2.45) is 5.92 Å². The highest BCUT2D eigenvalue weighted by Gasteiger charge is 2.23. The Labute approximate surface area is 159 Å². The average molecular weight is 372 g/mol. The number of aromatic nitrogens is 3. The van der Waals surface area contributed by atoms with Crippen LogP contribution in [-0.4, -0.2) is 33.2 Å². The number of hydrogen-bond donors (Lipinski definition) is 2. The lowest BCUT2D eigenvalue weighted by atomic mass is 9.84. The fourth-order valence-electron chi connectivity index (χ4n) is 3.84. The number of rotatable bonds is 9. The summed E-state index contributed by atoms with van der Waals surface area (Å²) in [6, 6.07) is 3.70. The quantitative estimate of drug-likeness (QED) is 0.669. The molecule has 0 unspecified atom stereocenters. The third-order valence-electron chi connectivity index (χ3n) is 5.38. The second kappa shape index (κ2) is 9.48. The number of carboxylic acids is 1. The first-order valence-corrected chi connectivity index (χ1v) is 9.85. The summed E-state index contributed by atoms with van der Waals surface area (Å²) in [6.07, 6.45) is 11.2. The van der Waals surface area contributed by atoms with Crippen molar-refractivity contribution in [1.82, 2.24) is 15.1 Å².